The fourth-order valence-corrected chi connectivity index (χ4v) is 5.31. The summed E-state index contributed by atoms with van der Waals surface area (Å²) in [6.07, 6.45) is -4.78. The Morgan fingerprint density at radius 1 is 1.13 bits per heavy atom. The predicted octanol–water partition coefficient (Wildman–Crippen LogP) is 2.95. The van der Waals surface area contributed by atoms with E-state index in [4.69, 9.17) is 10.00 Å². The summed E-state index contributed by atoms with van der Waals surface area (Å²) < 4.78 is 46.4. The van der Waals surface area contributed by atoms with E-state index < -0.39 is 52.2 Å². The van der Waals surface area contributed by atoms with Crippen molar-refractivity contribution in [3.8, 4) is 6.07 Å². The number of alkyl halides is 3. The molecule has 0 radical (unpaired) electrons. The van der Waals surface area contributed by atoms with Gasteiger partial charge in [0.2, 0.25) is 11.8 Å². The average molecular weight is 421 g/mol. The Balaban J connectivity index is 1.77. The zero-order chi connectivity index (χ0) is 22.2. The molecule has 0 unspecified atom stereocenters. The summed E-state index contributed by atoms with van der Waals surface area (Å²) in [6.45, 7) is 8.54. The van der Waals surface area contributed by atoms with E-state index in [9.17, 15) is 22.8 Å². The summed E-state index contributed by atoms with van der Waals surface area (Å²) in [4.78, 5) is 29.7. The number of amides is 2. The molecule has 0 N–H and O–H groups in total. The van der Waals surface area contributed by atoms with Crippen molar-refractivity contribution in [1.29, 1.82) is 5.26 Å². The second kappa shape index (κ2) is 6.28. The van der Waals surface area contributed by atoms with Crippen LogP contribution in [0.5, 0.6) is 0 Å². The molecular weight excluding hydrogens is 399 g/mol. The molecule has 3 heterocycles. The number of fused-ring (bicyclic) bond motifs is 5. The molecule has 2 bridgehead atoms. The number of hydrogen-bond acceptors (Lipinski definition) is 5. The zero-order valence-electron chi connectivity index (χ0n) is 17.1. The van der Waals surface area contributed by atoms with E-state index in [0.29, 0.717) is 19.2 Å². The number of nitriles is 1. The normalized spacial score (nSPS) is 33.9. The molecule has 3 aliphatic rings. The first-order valence-corrected chi connectivity index (χ1v) is 9.76. The number of hydrogen-bond donors (Lipinski definition) is 0. The maximum atomic E-state index is 13.4. The van der Waals surface area contributed by atoms with Gasteiger partial charge in [0, 0.05) is 19.1 Å². The highest BCUT2D eigenvalue weighted by molar-refractivity contribution is 6.23. The summed E-state index contributed by atoms with van der Waals surface area (Å²) in [7, 11) is 0. The molecule has 4 atom stereocenters. The SMILES string of the molecule is CC(C)N1C[C@@]2(C)O[C@@](C)(C1)[C@@H]1C(=O)N(c3ccc(C#N)c(C(F)(F)F)c3)C(=O)[C@@H]12. The monoisotopic (exact) mass is 421 g/mol. The van der Waals surface area contributed by atoms with E-state index in [2.05, 4.69) is 4.90 Å². The van der Waals surface area contributed by atoms with Gasteiger partial charge in [0.25, 0.3) is 0 Å². The van der Waals surface area contributed by atoms with Gasteiger partial charge in [-0.3, -0.25) is 14.5 Å². The highest BCUT2D eigenvalue weighted by Crippen LogP contribution is 2.55. The molecule has 6 nitrogen and oxygen atoms in total. The molecule has 0 spiro atoms. The van der Waals surface area contributed by atoms with Crippen LogP contribution in [0.25, 0.3) is 0 Å². The molecule has 1 aromatic carbocycles. The van der Waals surface area contributed by atoms with Crippen LogP contribution in [-0.2, 0) is 20.5 Å². The maximum absolute atomic E-state index is 13.4. The number of rotatable bonds is 2. The standard InChI is InChI=1S/C21H22F3N3O3/c1-11(2)26-9-19(3)15-16(20(4,10-26)30-19)18(29)27(17(15)28)13-6-5-12(8-25)14(7-13)21(22,23)24/h5-7,11,15-16H,9-10H2,1-4H3/t15-,16+,19-,20+. The Hall–Kier alpha value is -2.44. The Bertz CT molecular complexity index is 950. The van der Waals surface area contributed by atoms with Crippen molar-refractivity contribution in [3.63, 3.8) is 0 Å². The Kier molecular flexibility index (Phi) is 4.36. The van der Waals surface area contributed by atoms with Crippen LogP contribution in [0, 0.1) is 23.2 Å². The van der Waals surface area contributed by atoms with Crippen molar-refractivity contribution < 1.29 is 27.5 Å². The molecule has 1 aromatic rings. The maximum Gasteiger partial charge on any atom is 0.417 e. The predicted molar refractivity (Wildman–Crippen MR) is 100 cm³/mol. The Morgan fingerprint density at radius 3 is 2.10 bits per heavy atom. The molecule has 0 saturated carbocycles. The molecule has 3 saturated heterocycles. The van der Waals surface area contributed by atoms with Crippen LogP contribution < -0.4 is 4.90 Å². The van der Waals surface area contributed by atoms with Crippen LogP contribution in [0.4, 0.5) is 18.9 Å². The van der Waals surface area contributed by atoms with Crippen molar-refractivity contribution >= 4 is 17.5 Å². The fraction of sp³-hybridized carbons (Fsp3) is 0.571. The van der Waals surface area contributed by atoms with Crippen LogP contribution in [0.1, 0.15) is 38.8 Å². The lowest BCUT2D eigenvalue weighted by Crippen LogP contribution is -2.59. The van der Waals surface area contributed by atoms with Gasteiger partial charge in [-0.05, 0) is 45.9 Å². The first-order chi connectivity index (χ1) is 13.8. The lowest BCUT2D eigenvalue weighted by molar-refractivity contribution is -0.173. The average Bonchev–Trinajstić information content (AvgIpc) is 3.00. The summed E-state index contributed by atoms with van der Waals surface area (Å²) in [6, 6.07) is 4.62. The van der Waals surface area contributed by atoms with Gasteiger partial charge in [-0.1, -0.05) is 0 Å². The van der Waals surface area contributed by atoms with Gasteiger partial charge >= 0.3 is 6.18 Å². The summed E-state index contributed by atoms with van der Waals surface area (Å²) >= 11 is 0. The molecule has 4 rings (SSSR count). The van der Waals surface area contributed by atoms with E-state index in [1.165, 1.54) is 12.1 Å². The minimum Gasteiger partial charge on any atom is -0.365 e. The lowest BCUT2D eigenvalue weighted by atomic mass is 9.79. The van der Waals surface area contributed by atoms with Gasteiger partial charge in [-0.2, -0.15) is 18.4 Å². The van der Waals surface area contributed by atoms with Gasteiger partial charge in [0.05, 0.1) is 45.9 Å². The highest BCUT2D eigenvalue weighted by atomic mass is 19.4. The largest absolute Gasteiger partial charge is 0.417 e. The first kappa shape index (κ1) is 20.8. The van der Waals surface area contributed by atoms with E-state index in [1.807, 2.05) is 13.8 Å². The molecule has 2 amide bonds. The minimum atomic E-state index is -4.78. The van der Waals surface area contributed by atoms with E-state index in [1.54, 1.807) is 13.8 Å². The molecule has 0 aromatic heterocycles. The Labute approximate surface area is 172 Å². The van der Waals surface area contributed by atoms with Crippen molar-refractivity contribution in [3.05, 3.63) is 29.3 Å². The number of nitrogens with zero attached hydrogens (tertiary/aromatic N) is 3. The van der Waals surface area contributed by atoms with Crippen molar-refractivity contribution in [2.75, 3.05) is 18.0 Å². The second-order valence-electron chi connectivity index (χ2n) is 9.03. The molecule has 30 heavy (non-hydrogen) atoms. The molecule has 0 aliphatic carbocycles. The number of halogens is 3. The summed E-state index contributed by atoms with van der Waals surface area (Å²) in [5.74, 6) is -2.66. The number of likely N-dealkylation sites (tertiary alicyclic amines) is 1. The third kappa shape index (κ3) is 2.77. The van der Waals surface area contributed by atoms with Crippen molar-refractivity contribution in [2.24, 2.45) is 11.8 Å². The van der Waals surface area contributed by atoms with Gasteiger partial charge in [0.15, 0.2) is 0 Å². The third-order valence-electron chi connectivity index (χ3n) is 6.54. The number of carbonyl (C=O) groups excluding carboxylic acids is 2. The van der Waals surface area contributed by atoms with Crippen LogP contribution in [0.2, 0.25) is 0 Å². The number of morpholine rings is 1. The minimum absolute atomic E-state index is 0.170. The van der Waals surface area contributed by atoms with Crippen LogP contribution >= 0.6 is 0 Å². The van der Waals surface area contributed by atoms with E-state index >= 15 is 0 Å². The topological polar surface area (TPSA) is 73.6 Å². The number of imide groups is 1. The Morgan fingerprint density at radius 2 is 1.67 bits per heavy atom. The van der Waals surface area contributed by atoms with E-state index in [-0.39, 0.29) is 11.7 Å². The second-order valence-corrected chi connectivity index (χ2v) is 9.03. The third-order valence-corrected chi connectivity index (χ3v) is 6.54. The van der Waals surface area contributed by atoms with Gasteiger partial charge in [0.1, 0.15) is 0 Å². The molecule has 3 aliphatic heterocycles. The van der Waals surface area contributed by atoms with Gasteiger partial charge in [-0.15, -0.1) is 0 Å². The highest BCUT2D eigenvalue weighted by Gasteiger charge is 2.71. The van der Waals surface area contributed by atoms with Crippen molar-refractivity contribution in [1.82, 2.24) is 4.90 Å². The smallest absolute Gasteiger partial charge is 0.365 e. The lowest BCUT2D eigenvalue weighted by Gasteiger charge is -2.46. The quantitative estimate of drug-likeness (QED) is 0.687. The fourth-order valence-electron chi connectivity index (χ4n) is 5.31. The molecule has 9 heteroatoms. The number of ether oxygens (including phenoxy) is 1. The molecule has 160 valence electrons. The van der Waals surface area contributed by atoms with Crippen LogP contribution in [0.15, 0.2) is 18.2 Å². The number of carbonyl (C=O) groups is 2. The van der Waals surface area contributed by atoms with Crippen LogP contribution in [0.3, 0.4) is 0 Å². The first-order valence-electron chi connectivity index (χ1n) is 9.76. The van der Waals surface area contributed by atoms with E-state index in [0.717, 1.165) is 11.0 Å². The van der Waals surface area contributed by atoms with Crippen LogP contribution in [-0.4, -0.2) is 47.0 Å². The molecule has 3 fully saturated rings. The van der Waals surface area contributed by atoms with Gasteiger partial charge in [-0.25, -0.2) is 4.90 Å². The summed E-state index contributed by atoms with van der Waals surface area (Å²) in [5, 5.41) is 9.00. The van der Waals surface area contributed by atoms with Gasteiger partial charge < -0.3 is 4.74 Å². The molecular formula is C21H22F3N3O3. The number of anilines is 1. The number of benzene rings is 1. The van der Waals surface area contributed by atoms with Crippen molar-refractivity contribution in [2.45, 2.75) is 51.1 Å². The summed E-state index contributed by atoms with van der Waals surface area (Å²) in [5.41, 5.74) is -3.72. The zero-order valence-corrected chi connectivity index (χ0v) is 17.1.